The van der Waals surface area contributed by atoms with Crippen molar-refractivity contribution < 1.29 is 9.59 Å². The van der Waals surface area contributed by atoms with E-state index in [0.717, 1.165) is 41.9 Å². The summed E-state index contributed by atoms with van der Waals surface area (Å²) in [6.45, 7) is 0.591. The highest BCUT2D eigenvalue weighted by Crippen LogP contribution is 2.37. The van der Waals surface area contributed by atoms with Crippen molar-refractivity contribution in [1.82, 2.24) is 14.3 Å². The van der Waals surface area contributed by atoms with E-state index in [-0.39, 0.29) is 11.1 Å². The Kier molecular flexibility index (Phi) is 6.08. The molecule has 7 heteroatoms. The molecule has 2 aliphatic rings. The Morgan fingerprint density at radius 2 is 2.07 bits per heavy atom. The molecular formula is C20H25N3O2S2. The van der Waals surface area contributed by atoms with Gasteiger partial charge in [-0.25, -0.2) is 4.98 Å². The lowest BCUT2D eigenvalue weighted by molar-refractivity contribution is -0.124. The van der Waals surface area contributed by atoms with Gasteiger partial charge in [-0.2, -0.15) is 0 Å². The van der Waals surface area contributed by atoms with E-state index < -0.39 is 0 Å². The summed E-state index contributed by atoms with van der Waals surface area (Å²) in [5, 5.41) is 1.16. The molecule has 1 unspecified atom stereocenters. The fraction of sp³-hybridized carbons (Fsp3) is 0.550. The Morgan fingerprint density at radius 1 is 1.22 bits per heavy atom. The number of nitrogens with zero attached hydrogens (tertiary/aromatic N) is 3. The molecule has 2 aromatic rings. The third kappa shape index (κ3) is 4.35. The fourth-order valence-electron chi connectivity index (χ4n) is 4.29. The van der Waals surface area contributed by atoms with Crippen LogP contribution in [-0.4, -0.2) is 43.5 Å². The first-order valence-electron chi connectivity index (χ1n) is 9.74. The zero-order chi connectivity index (χ0) is 18.6. The van der Waals surface area contributed by atoms with E-state index in [1.807, 2.05) is 30.2 Å². The van der Waals surface area contributed by atoms with Gasteiger partial charge in [0.15, 0.2) is 0 Å². The molecule has 1 saturated heterocycles. The molecule has 0 spiro atoms. The number of carbonyl (C=O) groups excluding carboxylic acids is 2. The predicted molar refractivity (Wildman–Crippen MR) is 110 cm³/mol. The van der Waals surface area contributed by atoms with E-state index in [1.165, 1.54) is 35.6 Å². The first-order valence-corrected chi connectivity index (χ1v) is 11.7. The van der Waals surface area contributed by atoms with Crippen molar-refractivity contribution in [2.24, 2.45) is 11.8 Å². The molecule has 0 aromatic carbocycles. The Bertz CT molecular complexity index is 800. The van der Waals surface area contributed by atoms with Gasteiger partial charge in [-0.05, 0) is 42.6 Å². The maximum atomic E-state index is 11.9. The summed E-state index contributed by atoms with van der Waals surface area (Å²) in [4.78, 5) is 29.6. The number of carbonyl (C=O) groups is 2. The number of rotatable bonds is 8. The van der Waals surface area contributed by atoms with Crippen molar-refractivity contribution in [3.63, 3.8) is 0 Å². The van der Waals surface area contributed by atoms with Gasteiger partial charge in [0.1, 0.15) is 5.65 Å². The van der Waals surface area contributed by atoms with Crippen molar-refractivity contribution >= 4 is 40.3 Å². The topological polar surface area (TPSA) is 54.7 Å². The number of amides is 2. The molecule has 2 fully saturated rings. The summed E-state index contributed by atoms with van der Waals surface area (Å²) in [5.41, 5.74) is 0.982. The second kappa shape index (κ2) is 8.69. The van der Waals surface area contributed by atoms with E-state index in [1.54, 1.807) is 0 Å². The molecule has 1 aliphatic heterocycles. The highest BCUT2D eigenvalue weighted by Gasteiger charge is 2.32. The summed E-state index contributed by atoms with van der Waals surface area (Å²) in [5.74, 6) is 2.69. The van der Waals surface area contributed by atoms with Gasteiger partial charge in [0.25, 0.3) is 5.24 Å². The van der Waals surface area contributed by atoms with Crippen LogP contribution in [0.25, 0.3) is 5.65 Å². The lowest BCUT2D eigenvalue weighted by atomic mass is 9.86. The van der Waals surface area contributed by atoms with E-state index >= 15 is 0 Å². The normalized spacial score (nSPS) is 19.5. The molecule has 0 bridgehead atoms. The van der Waals surface area contributed by atoms with Crippen molar-refractivity contribution in [1.29, 1.82) is 0 Å². The number of thioether (sulfide) groups is 2. The van der Waals surface area contributed by atoms with Gasteiger partial charge in [-0.3, -0.25) is 18.9 Å². The quantitative estimate of drug-likeness (QED) is 0.598. The van der Waals surface area contributed by atoms with Crippen LogP contribution >= 0.6 is 23.5 Å². The number of imidazole rings is 1. The van der Waals surface area contributed by atoms with Gasteiger partial charge in [0, 0.05) is 18.9 Å². The minimum Gasteiger partial charge on any atom is -0.294 e. The highest BCUT2D eigenvalue weighted by molar-refractivity contribution is 8.14. The Labute approximate surface area is 168 Å². The minimum absolute atomic E-state index is 0.0173. The molecule has 27 heavy (non-hydrogen) atoms. The number of fused-ring (bicyclic) bond motifs is 1. The molecular weight excluding hydrogens is 378 g/mol. The summed E-state index contributed by atoms with van der Waals surface area (Å²) in [7, 11) is 0. The van der Waals surface area contributed by atoms with E-state index in [2.05, 4.69) is 21.5 Å². The van der Waals surface area contributed by atoms with Crippen LogP contribution in [0.4, 0.5) is 4.79 Å². The first-order chi connectivity index (χ1) is 13.2. The second-order valence-electron chi connectivity index (χ2n) is 7.35. The van der Waals surface area contributed by atoms with Crippen LogP contribution in [0.2, 0.25) is 0 Å². The van der Waals surface area contributed by atoms with E-state index in [4.69, 9.17) is 0 Å². The average Bonchev–Trinajstić information content (AvgIpc) is 3.41. The van der Waals surface area contributed by atoms with Gasteiger partial charge >= 0.3 is 0 Å². The molecule has 2 aromatic heterocycles. The summed E-state index contributed by atoms with van der Waals surface area (Å²) < 4.78 is 2.13. The summed E-state index contributed by atoms with van der Waals surface area (Å²) in [6, 6.07) is 6.22. The predicted octanol–water partition coefficient (Wildman–Crippen LogP) is 4.71. The number of aromatic nitrogens is 2. The number of pyridine rings is 1. The van der Waals surface area contributed by atoms with Crippen molar-refractivity contribution in [3.05, 3.63) is 30.6 Å². The third-order valence-electron chi connectivity index (χ3n) is 5.76. The van der Waals surface area contributed by atoms with Gasteiger partial charge in [-0.1, -0.05) is 43.5 Å². The number of hydrogen-bond acceptors (Lipinski definition) is 5. The van der Waals surface area contributed by atoms with Gasteiger partial charge in [0.05, 0.1) is 10.8 Å². The summed E-state index contributed by atoms with van der Waals surface area (Å²) >= 11 is 3.01. The fourth-order valence-corrected chi connectivity index (χ4v) is 6.14. The summed E-state index contributed by atoms with van der Waals surface area (Å²) in [6.07, 6.45) is 11.1. The van der Waals surface area contributed by atoms with Crippen LogP contribution < -0.4 is 0 Å². The van der Waals surface area contributed by atoms with Crippen molar-refractivity contribution in [3.8, 4) is 0 Å². The number of imide groups is 1. The Balaban J connectivity index is 1.35. The van der Waals surface area contributed by atoms with Crippen LogP contribution in [0, 0.1) is 11.8 Å². The molecule has 3 heterocycles. The molecule has 1 aliphatic carbocycles. The third-order valence-corrected chi connectivity index (χ3v) is 7.69. The van der Waals surface area contributed by atoms with Gasteiger partial charge < -0.3 is 0 Å². The van der Waals surface area contributed by atoms with Gasteiger partial charge in [0.2, 0.25) is 5.91 Å². The molecule has 5 nitrogen and oxygen atoms in total. The standard InChI is InChI=1S/C20H25N3O2S2/c24-18-14-27-20(25)23(18)11-8-16(15-4-1-2-5-15)9-13-26-19-7-3-6-17-21-10-12-22(17)19/h3,6-7,10,12,15-16H,1-2,4-5,8-9,11,13-14H2. The first kappa shape index (κ1) is 18.9. The van der Waals surface area contributed by atoms with Crippen LogP contribution in [0.5, 0.6) is 0 Å². The van der Waals surface area contributed by atoms with Crippen molar-refractivity contribution in [2.45, 2.75) is 43.6 Å². The average molecular weight is 404 g/mol. The highest BCUT2D eigenvalue weighted by atomic mass is 32.2. The number of hydrogen-bond donors (Lipinski definition) is 0. The molecule has 0 N–H and O–H groups in total. The van der Waals surface area contributed by atoms with Crippen LogP contribution in [-0.2, 0) is 4.79 Å². The molecule has 2 amide bonds. The van der Waals surface area contributed by atoms with Crippen molar-refractivity contribution in [2.75, 3.05) is 18.1 Å². The van der Waals surface area contributed by atoms with Crippen LogP contribution in [0.15, 0.2) is 35.6 Å². The maximum absolute atomic E-state index is 11.9. The monoisotopic (exact) mass is 403 g/mol. The lowest BCUT2D eigenvalue weighted by Crippen LogP contribution is -2.31. The SMILES string of the molecule is O=C1CSC(=O)N1CCC(CCSc1cccc2nccn12)C1CCCC1. The largest absolute Gasteiger partial charge is 0.294 e. The molecule has 1 atom stereocenters. The smallest absolute Gasteiger partial charge is 0.288 e. The minimum atomic E-state index is -0.0636. The molecule has 144 valence electrons. The van der Waals surface area contributed by atoms with Gasteiger partial charge in [-0.15, -0.1) is 11.8 Å². The van der Waals surface area contributed by atoms with E-state index in [9.17, 15) is 9.59 Å². The second-order valence-corrected chi connectivity index (χ2v) is 9.39. The molecule has 4 rings (SSSR count). The zero-order valence-electron chi connectivity index (χ0n) is 15.4. The molecule has 0 radical (unpaired) electrons. The lowest BCUT2D eigenvalue weighted by Gasteiger charge is -2.25. The molecule has 1 saturated carbocycles. The maximum Gasteiger partial charge on any atom is 0.288 e. The Hall–Kier alpha value is -1.47. The van der Waals surface area contributed by atoms with E-state index in [0.29, 0.717) is 18.2 Å². The zero-order valence-corrected chi connectivity index (χ0v) is 17.0. The Morgan fingerprint density at radius 3 is 2.85 bits per heavy atom. The van der Waals surface area contributed by atoms with Crippen LogP contribution in [0.3, 0.4) is 0 Å². The van der Waals surface area contributed by atoms with Crippen LogP contribution in [0.1, 0.15) is 38.5 Å².